The minimum Gasteiger partial charge on any atom is -0.383 e. The molecular weight excluding hydrogens is 222 g/mol. The number of nitrogens with two attached hydrogens (primary N) is 2. The maximum atomic E-state index is 6.39. The van der Waals surface area contributed by atoms with Crippen LogP contribution in [-0.4, -0.2) is 11.0 Å². The van der Waals surface area contributed by atoms with Crippen molar-refractivity contribution in [3.63, 3.8) is 0 Å². The van der Waals surface area contributed by atoms with Gasteiger partial charge in [-0.15, -0.1) is 0 Å². The van der Waals surface area contributed by atoms with Gasteiger partial charge in [0.2, 0.25) is 0 Å². The van der Waals surface area contributed by atoms with Crippen molar-refractivity contribution in [3.8, 4) is 0 Å². The van der Waals surface area contributed by atoms with E-state index in [4.69, 9.17) is 11.5 Å². The Hall–Kier alpha value is -1.09. The second-order valence-electron chi connectivity index (χ2n) is 5.52. The molecule has 1 unspecified atom stereocenters. The van der Waals surface area contributed by atoms with E-state index in [9.17, 15) is 0 Å². The first-order chi connectivity index (χ1) is 8.77. The number of pyridine rings is 1. The number of anilines is 1. The molecule has 0 saturated heterocycles. The molecule has 1 aliphatic carbocycles. The zero-order valence-electron chi connectivity index (χ0n) is 11.1. The Morgan fingerprint density at radius 2 is 1.83 bits per heavy atom. The van der Waals surface area contributed by atoms with Crippen molar-refractivity contribution in [1.82, 2.24) is 4.98 Å². The fourth-order valence-electron chi connectivity index (χ4n) is 2.96. The van der Waals surface area contributed by atoms with Crippen LogP contribution in [0, 0.1) is 5.92 Å². The van der Waals surface area contributed by atoms with Crippen molar-refractivity contribution in [3.05, 3.63) is 23.9 Å². The van der Waals surface area contributed by atoms with Gasteiger partial charge in [0.15, 0.2) is 0 Å². The molecule has 1 aliphatic rings. The Bertz CT molecular complexity index is 357. The van der Waals surface area contributed by atoms with Crippen LogP contribution < -0.4 is 11.5 Å². The highest BCUT2D eigenvalue weighted by Gasteiger charge is 2.19. The van der Waals surface area contributed by atoms with Crippen molar-refractivity contribution in [1.29, 1.82) is 0 Å². The lowest BCUT2D eigenvalue weighted by Crippen LogP contribution is -2.33. The summed E-state index contributed by atoms with van der Waals surface area (Å²) in [6.07, 6.45) is 12.0. The minimum atomic E-state index is 0.231. The van der Waals surface area contributed by atoms with Crippen LogP contribution >= 0.6 is 0 Å². The van der Waals surface area contributed by atoms with Gasteiger partial charge in [0.05, 0.1) is 0 Å². The first-order valence-corrected chi connectivity index (χ1v) is 7.22. The second kappa shape index (κ2) is 6.74. The summed E-state index contributed by atoms with van der Waals surface area (Å²) in [5.74, 6) is 1.30. The molecule has 2 rings (SSSR count). The van der Waals surface area contributed by atoms with Gasteiger partial charge >= 0.3 is 0 Å². The molecule has 100 valence electrons. The Morgan fingerprint density at radius 3 is 2.50 bits per heavy atom. The average molecular weight is 247 g/mol. The third-order valence-corrected chi connectivity index (χ3v) is 4.14. The molecule has 1 heterocycles. The third kappa shape index (κ3) is 3.70. The molecule has 1 aromatic rings. The van der Waals surface area contributed by atoms with Crippen molar-refractivity contribution in [2.24, 2.45) is 11.7 Å². The lowest BCUT2D eigenvalue weighted by atomic mass is 9.84. The number of hydrogen-bond acceptors (Lipinski definition) is 3. The van der Waals surface area contributed by atoms with E-state index in [1.54, 1.807) is 6.20 Å². The van der Waals surface area contributed by atoms with Crippen molar-refractivity contribution in [2.45, 2.75) is 57.4 Å². The Kier molecular flexibility index (Phi) is 5.00. The molecule has 0 radical (unpaired) electrons. The van der Waals surface area contributed by atoms with E-state index in [1.807, 2.05) is 12.1 Å². The summed E-state index contributed by atoms with van der Waals surface area (Å²) in [4.78, 5) is 4.13. The highest BCUT2D eigenvalue weighted by atomic mass is 14.8. The van der Waals surface area contributed by atoms with E-state index in [0.29, 0.717) is 11.7 Å². The standard InChI is InChI=1S/C15H25N3/c16-14(11-13-9-6-10-18-15(13)17)12-7-4-2-1-3-5-8-12/h6,9-10,12,14H,1-5,7-8,11,16H2,(H2,17,18). The zero-order valence-corrected chi connectivity index (χ0v) is 11.1. The highest BCUT2D eigenvalue weighted by molar-refractivity contribution is 5.38. The van der Waals surface area contributed by atoms with E-state index in [-0.39, 0.29) is 6.04 Å². The molecule has 1 atom stereocenters. The molecule has 1 fully saturated rings. The van der Waals surface area contributed by atoms with Gasteiger partial charge in [-0.05, 0) is 36.8 Å². The monoisotopic (exact) mass is 247 g/mol. The van der Waals surface area contributed by atoms with Crippen LogP contribution in [0.3, 0.4) is 0 Å². The lowest BCUT2D eigenvalue weighted by Gasteiger charge is -2.26. The summed E-state index contributed by atoms with van der Waals surface area (Å²) < 4.78 is 0. The molecule has 0 spiro atoms. The summed E-state index contributed by atoms with van der Waals surface area (Å²) in [6.45, 7) is 0. The Balaban J connectivity index is 1.93. The van der Waals surface area contributed by atoms with E-state index in [0.717, 1.165) is 12.0 Å². The predicted octanol–water partition coefficient (Wildman–Crippen LogP) is 2.89. The van der Waals surface area contributed by atoms with E-state index in [1.165, 1.54) is 44.9 Å². The van der Waals surface area contributed by atoms with Gasteiger partial charge in [-0.2, -0.15) is 0 Å². The highest BCUT2D eigenvalue weighted by Crippen LogP contribution is 2.26. The van der Waals surface area contributed by atoms with Crippen LogP contribution in [0.5, 0.6) is 0 Å². The number of nitrogens with zero attached hydrogens (tertiary/aromatic N) is 1. The van der Waals surface area contributed by atoms with E-state index >= 15 is 0 Å². The Morgan fingerprint density at radius 1 is 1.17 bits per heavy atom. The van der Waals surface area contributed by atoms with Crippen molar-refractivity contribution < 1.29 is 0 Å². The van der Waals surface area contributed by atoms with Gasteiger partial charge in [0, 0.05) is 12.2 Å². The maximum Gasteiger partial charge on any atom is 0.126 e. The molecule has 0 aromatic carbocycles. The molecule has 0 aliphatic heterocycles. The number of nitrogen functional groups attached to an aromatic ring is 1. The molecule has 18 heavy (non-hydrogen) atoms. The van der Waals surface area contributed by atoms with Crippen LogP contribution in [0.4, 0.5) is 5.82 Å². The first-order valence-electron chi connectivity index (χ1n) is 7.22. The van der Waals surface area contributed by atoms with Gasteiger partial charge in [-0.1, -0.05) is 38.2 Å². The number of aromatic nitrogens is 1. The molecule has 1 saturated carbocycles. The predicted molar refractivity (Wildman–Crippen MR) is 76.1 cm³/mol. The van der Waals surface area contributed by atoms with Crippen LogP contribution in [-0.2, 0) is 6.42 Å². The van der Waals surface area contributed by atoms with Crippen LogP contribution in [0.25, 0.3) is 0 Å². The quantitative estimate of drug-likeness (QED) is 0.863. The molecular formula is C15H25N3. The van der Waals surface area contributed by atoms with E-state index < -0.39 is 0 Å². The summed E-state index contributed by atoms with van der Waals surface area (Å²) >= 11 is 0. The van der Waals surface area contributed by atoms with Gasteiger partial charge in [-0.25, -0.2) is 4.98 Å². The second-order valence-corrected chi connectivity index (χ2v) is 5.52. The molecule has 4 N–H and O–H groups in total. The van der Waals surface area contributed by atoms with Gasteiger partial charge in [-0.3, -0.25) is 0 Å². The van der Waals surface area contributed by atoms with Gasteiger partial charge < -0.3 is 11.5 Å². The summed E-state index contributed by atoms with van der Waals surface area (Å²) in [7, 11) is 0. The topological polar surface area (TPSA) is 64.9 Å². The van der Waals surface area contributed by atoms with Gasteiger partial charge in [0.25, 0.3) is 0 Å². The molecule has 3 nitrogen and oxygen atoms in total. The average Bonchev–Trinajstić information content (AvgIpc) is 2.31. The largest absolute Gasteiger partial charge is 0.383 e. The molecule has 0 bridgehead atoms. The number of rotatable bonds is 3. The zero-order chi connectivity index (χ0) is 12.8. The van der Waals surface area contributed by atoms with E-state index in [2.05, 4.69) is 4.98 Å². The molecule has 0 amide bonds. The number of hydrogen-bond donors (Lipinski definition) is 2. The summed E-state index contributed by atoms with van der Waals surface area (Å²) in [6, 6.07) is 4.22. The lowest BCUT2D eigenvalue weighted by molar-refractivity contribution is 0.322. The smallest absolute Gasteiger partial charge is 0.126 e. The van der Waals surface area contributed by atoms with Crippen LogP contribution in [0.2, 0.25) is 0 Å². The fourth-order valence-corrected chi connectivity index (χ4v) is 2.96. The molecule has 3 heteroatoms. The van der Waals surface area contributed by atoms with Crippen LogP contribution in [0.15, 0.2) is 18.3 Å². The Labute approximate surface area is 110 Å². The van der Waals surface area contributed by atoms with Gasteiger partial charge in [0.1, 0.15) is 5.82 Å². The third-order valence-electron chi connectivity index (χ3n) is 4.14. The summed E-state index contributed by atoms with van der Waals surface area (Å²) in [5.41, 5.74) is 13.4. The minimum absolute atomic E-state index is 0.231. The maximum absolute atomic E-state index is 6.39. The first kappa shape index (κ1) is 13.3. The normalized spacial score (nSPS) is 20.1. The molecule has 1 aromatic heterocycles. The van der Waals surface area contributed by atoms with Crippen LogP contribution in [0.1, 0.15) is 50.5 Å². The van der Waals surface area contributed by atoms with Crippen molar-refractivity contribution >= 4 is 5.82 Å². The summed E-state index contributed by atoms with van der Waals surface area (Å²) in [5, 5.41) is 0. The SMILES string of the molecule is Nc1ncccc1CC(N)C1CCCCCCC1. The fraction of sp³-hybridized carbons (Fsp3) is 0.667. The van der Waals surface area contributed by atoms with Crippen molar-refractivity contribution in [2.75, 3.05) is 5.73 Å².